The molecule has 1 fully saturated rings. The summed E-state index contributed by atoms with van der Waals surface area (Å²) in [6.45, 7) is 8.24. The average Bonchev–Trinajstić information content (AvgIpc) is 2.31. The van der Waals surface area contributed by atoms with Gasteiger partial charge >= 0.3 is 5.97 Å². The Balaban J connectivity index is 3.03. The monoisotopic (exact) mass is 240 g/mol. The molecule has 0 bridgehead atoms. The summed E-state index contributed by atoms with van der Waals surface area (Å²) in [6, 6.07) is 0. The molecule has 5 nitrogen and oxygen atoms in total. The molecule has 1 unspecified atom stereocenters. The van der Waals surface area contributed by atoms with E-state index in [4.69, 9.17) is 5.11 Å². The number of carbonyl (C=O) groups excluding carboxylic acids is 1. The molecule has 0 aliphatic carbocycles. The Labute approximate surface area is 102 Å². The van der Waals surface area contributed by atoms with Crippen LogP contribution in [0.4, 0.5) is 0 Å². The van der Waals surface area contributed by atoms with Crippen LogP contribution in [0.5, 0.6) is 0 Å². The molecule has 1 rings (SSSR count). The van der Waals surface area contributed by atoms with Gasteiger partial charge in [-0.25, -0.2) is 0 Å². The fourth-order valence-electron chi connectivity index (χ4n) is 1.99. The van der Waals surface area contributed by atoms with Crippen LogP contribution in [0, 0.1) is 5.92 Å². The number of rotatable bonds is 3. The van der Waals surface area contributed by atoms with Crippen molar-refractivity contribution in [2.75, 3.05) is 26.7 Å². The van der Waals surface area contributed by atoms with E-state index in [1.807, 2.05) is 13.8 Å². The highest BCUT2D eigenvalue weighted by atomic mass is 16.4. The first kappa shape index (κ1) is 13.7. The zero-order valence-electron chi connectivity index (χ0n) is 10.6. The van der Waals surface area contributed by atoms with Gasteiger partial charge in [0.1, 0.15) is 0 Å². The Bertz CT molecular complexity index is 339. The number of nitrogens with zero attached hydrogens (tertiary/aromatic N) is 2. The van der Waals surface area contributed by atoms with E-state index in [1.54, 1.807) is 22.9 Å². The first-order valence-electron chi connectivity index (χ1n) is 5.65. The first-order chi connectivity index (χ1) is 7.80. The Kier molecular flexibility index (Phi) is 3.93. The zero-order chi connectivity index (χ0) is 13.2. The third-order valence-electron chi connectivity index (χ3n) is 3.40. The quantitative estimate of drug-likeness (QED) is 0.727. The number of carboxylic acids is 1. The minimum Gasteiger partial charge on any atom is -0.481 e. The summed E-state index contributed by atoms with van der Waals surface area (Å²) < 4.78 is 0. The summed E-state index contributed by atoms with van der Waals surface area (Å²) in [5, 5.41) is 9.13. The van der Waals surface area contributed by atoms with E-state index in [0.29, 0.717) is 13.1 Å². The Morgan fingerprint density at radius 3 is 2.65 bits per heavy atom. The van der Waals surface area contributed by atoms with Gasteiger partial charge in [0, 0.05) is 19.6 Å². The topological polar surface area (TPSA) is 60.9 Å². The normalized spacial score (nSPS) is 25.5. The van der Waals surface area contributed by atoms with Crippen molar-refractivity contribution in [2.24, 2.45) is 5.92 Å². The van der Waals surface area contributed by atoms with Crippen LogP contribution in [0.15, 0.2) is 12.7 Å². The minimum absolute atomic E-state index is 0.0522. The molecule has 5 heteroatoms. The number of aliphatic carboxylic acids is 1. The van der Waals surface area contributed by atoms with Crippen molar-refractivity contribution in [3.05, 3.63) is 12.7 Å². The van der Waals surface area contributed by atoms with E-state index >= 15 is 0 Å². The molecule has 17 heavy (non-hydrogen) atoms. The number of carboxylic acid groups (broad SMARTS) is 1. The summed E-state index contributed by atoms with van der Waals surface area (Å²) in [7, 11) is 1.78. The van der Waals surface area contributed by atoms with Gasteiger partial charge in [-0.15, -0.1) is 6.58 Å². The molecular weight excluding hydrogens is 220 g/mol. The van der Waals surface area contributed by atoms with Gasteiger partial charge in [0.05, 0.1) is 11.5 Å². The SMILES string of the molecule is C=CCN1CC(C(=O)O)CN(C)C(C)(C)C1=O. The predicted molar refractivity (Wildman–Crippen MR) is 64.6 cm³/mol. The van der Waals surface area contributed by atoms with Crippen molar-refractivity contribution in [1.29, 1.82) is 0 Å². The number of likely N-dealkylation sites (N-methyl/N-ethyl adjacent to an activating group) is 1. The van der Waals surface area contributed by atoms with Gasteiger partial charge in [0.2, 0.25) is 5.91 Å². The van der Waals surface area contributed by atoms with Crippen LogP contribution in [0.25, 0.3) is 0 Å². The molecule has 1 aliphatic rings. The van der Waals surface area contributed by atoms with Crippen molar-refractivity contribution in [3.8, 4) is 0 Å². The fourth-order valence-corrected chi connectivity index (χ4v) is 1.99. The summed E-state index contributed by atoms with van der Waals surface area (Å²) >= 11 is 0. The summed E-state index contributed by atoms with van der Waals surface area (Å²) in [6.07, 6.45) is 1.62. The largest absolute Gasteiger partial charge is 0.481 e. The van der Waals surface area contributed by atoms with Crippen LogP contribution in [0.1, 0.15) is 13.8 Å². The van der Waals surface area contributed by atoms with Crippen molar-refractivity contribution in [3.63, 3.8) is 0 Å². The molecule has 1 atom stereocenters. The lowest BCUT2D eigenvalue weighted by Crippen LogP contribution is -2.52. The minimum atomic E-state index is -0.864. The fraction of sp³-hybridized carbons (Fsp3) is 0.667. The highest BCUT2D eigenvalue weighted by molar-refractivity contribution is 5.86. The van der Waals surface area contributed by atoms with Crippen molar-refractivity contribution >= 4 is 11.9 Å². The number of hydrogen-bond acceptors (Lipinski definition) is 3. The van der Waals surface area contributed by atoms with E-state index in [-0.39, 0.29) is 12.5 Å². The lowest BCUT2D eigenvalue weighted by molar-refractivity contribution is -0.142. The van der Waals surface area contributed by atoms with E-state index in [2.05, 4.69) is 6.58 Å². The third kappa shape index (κ3) is 2.66. The van der Waals surface area contributed by atoms with Gasteiger partial charge in [-0.1, -0.05) is 6.08 Å². The van der Waals surface area contributed by atoms with Crippen LogP contribution < -0.4 is 0 Å². The van der Waals surface area contributed by atoms with Gasteiger partial charge < -0.3 is 10.0 Å². The van der Waals surface area contributed by atoms with Crippen LogP contribution in [-0.4, -0.2) is 59.0 Å². The molecule has 0 aromatic heterocycles. The standard InChI is InChI=1S/C12H20N2O3/c1-5-6-14-8-9(10(15)16)7-13(4)12(2,3)11(14)17/h5,9H,1,6-8H2,2-4H3,(H,15,16). The molecule has 1 aliphatic heterocycles. The predicted octanol–water partition coefficient (Wildman–Crippen LogP) is 0.426. The van der Waals surface area contributed by atoms with Gasteiger partial charge in [-0.3, -0.25) is 14.5 Å². The van der Waals surface area contributed by atoms with Gasteiger partial charge in [-0.2, -0.15) is 0 Å². The van der Waals surface area contributed by atoms with Crippen molar-refractivity contribution < 1.29 is 14.7 Å². The maximum Gasteiger partial charge on any atom is 0.309 e. The van der Waals surface area contributed by atoms with Crippen LogP contribution in [0.3, 0.4) is 0 Å². The molecule has 0 spiro atoms. The van der Waals surface area contributed by atoms with E-state index in [1.165, 1.54) is 0 Å². The Morgan fingerprint density at radius 2 is 2.18 bits per heavy atom. The Hall–Kier alpha value is -1.36. The zero-order valence-corrected chi connectivity index (χ0v) is 10.6. The molecule has 0 aromatic carbocycles. The van der Waals surface area contributed by atoms with Crippen LogP contribution in [0.2, 0.25) is 0 Å². The van der Waals surface area contributed by atoms with Gasteiger partial charge in [0.25, 0.3) is 0 Å². The van der Waals surface area contributed by atoms with E-state index in [9.17, 15) is 9.59 Å². The molecular formula is C12H20N2O3. The molecule has 0 aromatic rings. The highest BCUT2D eigenvalue weighted by Crippen LogP contribution is 2.22. The van der Waals surface area contributed by atoms with Gasteiger partial charge in [0.15, 0.2) is 0 Å². The maximum atomic E-state index is 12.3. The Morgan fingerprint density at radius 1 is 1.59 bits per heavy atom. The van der Waals surface area contributed by atoms with Crippen molar-refractivity contribution in [1.82, 2.24) is 9.80 Å². The summed E-state index contributed by atoms with van der Waals surface area (Å²) in [5.74, 6) is -1.47. The maximum absolute atomic E-state index is 12.3. The van der Waals surface area contributed by atoms with E-state index < -0.39 is 17.4 Å². The lowest BCUT2D eigenvalue weighted by atomic mass is 10.0. The third-order valence-corrected chi connectivity index (χ3v) is 3.40. The average molecular weight is 240 g/mol. The first-order valence-corrected chi connectivity index (χ1v) is 5.65. The molecule has 1 heterocycles. The molecule has 1 saturated heterocycles. The second kappa shape index (κ2) is 4.87. The second-order valence-corrected chi connectivity index (χ2v) is 4.97. The number of hydrogen-bond donors (Lipinski definition) is 1. The summed E-state index contributed by atoms with van der Waals surface area (Å²) in [4.78, 5) is 26.8. The molecule has 1 N–H and O–H groups in total. The highest BCUT2D eigenvalue weighted by Gasteiger charge is 2.41. The molecule has 0 radical (unpaired) electrons. The number of carbonyl (C=O) groups is 2. The lowest BCUT2D eigenvalue weighted by Gasteiger charge is -2.34. The van der Waals surface area contributed by atoms with E-state index in [0.717, 1.165) is 0 Å². The van der Waals surface area contributed by atoms with Gasteiger partial charge in [-0.05, 0) is 20.9 Å². The number of amides is 1. The van der Waals surface area contributed by atoms with Crippen LogP contribution >= 0.6 is 0 Å². The molecule has 96 valence electrons. The molecule has 1 amide bonds. The smallest absolute Gasteiger partial charge is 0.309 e. The second-order valence-electron chi connectivity index (χ2n) is 4.97. The summed E-state index contributed by atoms with van der Waals surface area (Å²) in [5.41, 5.74) is -0.673. The van der Waals surface area contributed by atoms with Crippen molar-refractivity contribution in [2.45, 2.75) is 19.4 Å². The molecule has 0 saturated carbocycles. The van der Waals surface area contributed by atoms with Crippen LogP contribution in [-0.2, 0) is 9.59 Å².